The minimum Gasteiger partial charge on any atom is -0.347 e. The average molecular weight is 334 g/mol. The van der Waals surface area contributed by atoms with Gasteiger partial charge in [-0.25, -0.2) is 13.6 Å². The summed E-state index contributed by atoms with van der Waals surface area (Å²) in [5.41, 5.74) is -1.22. The lowest BCUT2D eigenvalue weighted by Gasteiger charge is -2.12. The highest BCUT2D eigenvalue weighted by Crippen LogP contribution is 2.36. The van der Waals surface area contributed by atoms with E-state index in [1.807, 2.05) is 6.92 Å². The van der Waals surface area contributed by atoms with Crippen molar-refractivity contribution in [3.8, 4) is 0 Å². The van der Waals surface area contributed by atoms with Crippen molar-refractivity contribution in [3.63, 3.8) is 0 Å². The second-order valence-electron chi connectivity index (χ2n) is 5.12. The number of nitrogens with zero attached hydrogens (tertiary/aromatic N) is 1. The Balaban J connectivity index is 2.54. The maximum atomic E-state index is 12.1. The molecule has 1 aromatic rings. The van der Waals surface area contributed by atoms with Crippen molar-refractivity contribution in [2.75, 3.05) is 0 Å². The summed E-state index contributed by atoms with van der Waals surface area (Å²) in [6.45, 7) is 1.82. The van der Waals surface area contributed by atoms with Crippen molar-refractivity contribution in [1.82, 2.24) is 5.32 Å². The van der Waals surface area contributed by atoms with E-state index < -0.39 is 36.5 Å². The van der Waals surface area contributed by atoms with E-state index in [-0.39, 0.29) is 11.1 Å². The smallest absolute Gasteiger partial charge is 0.290 e. The Bertz CT molecular complexity index is 742. The van der Waals surface area contributed by atoms with Crippen LogP contribution in [0.25, 0.3) is 0 Å². The number of primary sulfonamides is 1. The van der Waals surface area contributed by atoms with Gasteiger partial charge in [-0.15, -0.1) is 0 Å². The zero-order valence-corrected chi connectivity index (χ0v) is 12.5. The predicted molar refractivity (Wildman–Crippen MR) is 74.6 cm³/mol. The quantitative estimate of drug-likeness (QED) is 0.630. The maximum Gasteiger partial charge on any atom is 0.290 e. The molecule has 0 radical (unpaired) electrons. The first kappa shape index (κ1) is 15.7. The molecule has 10 heteroatoms. The highest BCUT2D eigenvalue weighted by atomic mass is 35.5. The molecule has 0 bridgehead atoms. The summed E-state index contributed by atoms with van der Waals surface area (Å²) in [7, 11) is -4.29. The second-order valence-corrected chi connectivity index (χ2v) is 7.03. The molecule has 0 aliphatic heterocycles. The second kappa shape index (κ2) is 4.93. The lowest BCUT2D eigenvalue weighted by atomic mass is 10.1. The Morgan fingerprint density at radius 2 is 2.05 bits per heavy atom. The van der Waals surface area contributed by atoms with E-state index in [2.05, 4.69) is 5.32 Å². The molecule has 21 heavy (non-hydrogen) atoms. The van der Waals surface area contributed by atoms with Gasteiger partial charge >= 0.3 is 0 Å². The van der Waals surface area contributed by atoms with Crippen LogP contribution in [0, 0.1) is 10.1 Å². The van der Waals surface area contributed by atoms with E-state index in [1.165, 1.54) is 0 Å². The van der Waals surface area contributed by atoms with Gasteiger partial charge < -0.3 is 5.32 Å². The van der Waals surface area contributed by atoms with E-state index >= 15 is 0 Å². The molecule has 114 valence electrons. The van der Waals surface area contributed by atoms with Gasteiger partial charge in [0.25, 0.3) is 11.6 Å². The first-order valence-corrected chi connectivity index (χ1v) is 7.79. The van der Waals surface area contributed by atoms with E-state index in [1.54, 1.807) is 0 Å². The van der Waals surface area contributed by atoms with E-state index in [0.717, 1.165) is 25.0 Å². The van der Waals surface area contributed by atoms with E-state index in [4.69, 9.17) is 16.7 Å². The number of hydrogen-bond acceptors (Lipinski definition) is 5. The number of amides is 1. The molecule has 2 rings (SSSR count). The molecule has 1 amide bonds. The molecular weight excluding hydrogens is 322 g/mol. The Morgan fingerprint density at radius 3 is 2.48 bits per heavy atom. The third-order valence-corrected chi connectivity index (χ3v) is 4.65. The molecule has 3 N–H and O–H groups in total. The number of halogens is 1. The van der Waals surface area contributed by atoms with Crippen LogP contribution < -0.4 is 10.5 Å². The molecule has 0 aromatic heterocycles. The number of nitrogens with one attached hydrogen (secondary N) is 1. The lowest BCUT2D eigenvalue weighted by Crippen LogP contribution is -2.34. The van der Waals surface area contributed by atoms with E-state index in [9.17, 15) is 23.3 Å². The van der Waals surface area contributed by atoms with Crippen molar-refractivity contribution in [3.05, 3.63) is 32.8 Å². The normalized spacial score (nSPS) is 16.3. The van der Waals surface area contributed by atoms with Gasteiger partial charge in [0.15, 0.2) is 0 Å². The van der Waals surface area contributed by atoms with Crippen LogP contribution >= 0.6 is 11.6 Å². The van der Waals surface area contributed by atoms with Crippen molar-refractivity contribution >= 4 is 33.2 Å². The average Bonchev–Trinajstić information content (AvgIpc) is 3.04. The minimum absolute atomic E-state index is 0.178. The largest absolute Gasteiger partial charge is 0.347 e. The summed E-state index contributed by atoms with van der Waals surface area (Å²) in [4.78, 5) is 21.5. The molecule has 1 aliphatic carbocycles. The lowest BCUT2D eigenvalue weighted by molar-refractivity contribution is -0.384. The monoisotopic (exact) mass is 333 g/mol. The molecule has 0 saturated heterocycles. The number of carbonyl (C=O) groups is 1. The molecule has 1 aromatic carbocycles. The van der Waals surface area contributed by atoms with Gasteiger partial charge in [-0.3, -0.25) is 14.9 Å². The first-order chi connectivity index (χ1) is 9.53. The minimum atomic E-state index is -4.29. The molecule has 0 unspecified atom stereocenters. The van der Waals surface area contributed by atoms with E-state index in [0.29, 0.717) is 0 Å². The van der Waals surface area contributed by atoms with Gasteiger partial charge in [-0.1, -0.05) is 11.6 Å². The van der Waals surface area contributed by atoms with Gasteiger partial charge in [0, 0.05) is 17.2 Å². The number of rotatable bonds is 4. The van der Waals surface area contributed by atoms with Gasteiger partial charge in [0.2, 0.25) is 10.0 Å². The molecule has 1 saturated carbocycles. The SMILES string of the molecule is CC1(NC(=O)c2cc([N+](=O)[O-])c(Cl)c(S(N)(=O)=O)c2)CC1. The number of carbonyl (C=O) groups excluding carboxylic acids is 1. The Labute approximate surface area is 125 Å². The van der Waals surface area contributed by atoms with Crippen LogP contribution in [0.5, 0.6) is 0 Å². The summed E-state index contributed by atoms with van der Waals surface area (Å²) < 4.78 is 22.9. The number of hydrogen-bond donors (Lipinski definition) is 2. The number of benzene rings is 1. The molecule has 1 fully saturated rings. The zero-order valence-electron chi connectivity index (χ0n) is 10.9. The Morgan fingerprint density at radius 1 is 1.48 bits per heavy atom. The summed E-state index contributed by atoms with van der Waals surface area (Å²) in [5, 5.41) is 18.0. The molecule has 0 heterocycles. The topological polar surface area (TPSA) is 132 Å². The van der Waals surface area contributed by atoms with Crippen LogP contribution in [0.1, 0.15) is 30.1 Å². The van der Waals surface area contributed by atoms with Gasteiger partial charge in [0.05, 0.1) is 4.92 Å². The maximum absolute atomic E-state index is 12.1. The predicted octanol–water partition coefficient (Wildman–Crippen LogP) is 1.18. The van der Waals surface area contributed by atoms with Crippen LogP contribution in [0.4, 0.5) is 5.69 Å². The van der Waals surface area contributed by atoms with Gasteiger partial charge in [0.1, 0.15) is 9.92 Å². The van der Waals surface area contributed by atoms with Crippen molar-refractivity contribution in [2.45, 2.75) is 30.2 Å². The number of nitro groups is 1. The summed E-state index contributed by atoms with van der Waals surface area (Å²) in [6, 6.07) is 1.86. The van der Waals surface area contributed by atoms with Crippen LogP contribution in [0.3, 0.4) is 0 Å². The molecular formula is C11H12ClN3O5S. The number of sulfonamides is 1. The Hall–Kier alpha value is -1.71. The molecule has 0 atom stereocenters. The van der Waals surface area contributed by atoms with Gasteiger partial charge in [-0.05, 0) is 25.8 Å². The van der Waals surface area contributed by atoms with Crippen molar-refractivity contribution in [1.29, 1.82) is 0 Å². The van der Waals surface area contributed by atoms with Crippen LogP contribution in [-0.2, 0) is 10.0 Å². The van der Waals surface area contributed by atoms with Gasteiger partial charge in [-0.2, -0.15) is 0 Å². The summed E-state index contributed by atoms with van der Waals surface area (Å²) in [5.74, 6) is -0.611. The van der Waals surface area contributed by atoms with Crippen molar-refractivity contribution in [2.24, 2.45) is 5.14 Å². The van der Waals surface area contributed by atoms with Crippen LogP contribution in [-0.4, -0.2) is 24.8 Å². The first-order valence-electron chi connectivity index (χ1n) is 5.87. The third kappa shape index (κ3) is 3.31. The van der Waals surface area contributed by atoms with Crippen LogP contribution in [0.15, 0.2) is 17.0 Å². The van der Waals surface area contributed by atoms with Crippen molar-refractivity contribution < 1.29 is 18.1 Å². The number of nitro benzene ring substituents is 1. The highest BCUT2D eigenvalue weighted by molar-refractivity contribution is 7.89. The summed E-state index contributed by atoms with van der Waals surface area (Å²) >= 11 is 5.68. The Kier molecular flexibility index (Phi) is 3.68. The fourth-order valence-corrected chi connectivity index (χ4v) is 2.86. The standard InChI is InChI=1S/C11H12ClN3O5S/c1-11(2-3-11)14-10(16)6-4-7(15(17)18)9(12)8(5-6)21(13,19)20/h4-5H,2-3H2,1H3,(H,14,16)(H2,13,19,20). The fraction of sp³-hybridized carbons (Fsp3) is 0.364. The molecule has 0 spiro atoms. The molecule has 1 aliphatic rings. The highest BCUT2D eigenvalue weighted by Gasteiger charge is 2.39. The third-order valence-electron chi connectivity index (χ3n) is 3.20. The fourth-order valence-electron chi connectivity index (χ4n) is 1.71. The molecule has 8 nitrogen and oxygen atoms in total. The number of nitrogens with two attached hydrogens (primary N) is 1. The zero-order chi connectivity index (χ0) is 16.0. The summed E-state index contributed by atoms with van der Waals surface area (Å²) in [6.07, 6.45) is 1.58. The van der Waals surface area contributed by atoms with Crippen LogP contribution in [0.2, 0.25) is 5.02 Å².